The van der Waals surface area contributed by atoms with Crippen LogP contribution < -0.4 is 5.32 Å². The lowest BCUT2D eigenvalue weighted by atomic mass is 10.2. The van der Waals surface area contributed by atoms with Crippen LogP contribution in [0.2, 0.25) is 0 Å². The molecule has 0 aromatic heterocycles. The van der Waals surface area contributed by atoms with Gasteiger partial charge in [-0.15, -0.1) is 24.8 Å². The van der Waals surface area contributed by atoms with E-state index in [1.807, 2.05) is 0 Å². The summed E-state index contributed by atoms with van der Waals surface area (Å²) in [6.07, 6.45) is 0. The molecule has 0 amide bonds. The molecule has 0 radical (unpaired) electrons. The number of hydrogen-bond acceptors (Lipinski definition) is 2. The number of nitrogens with one attached hydrogen (secondary N) is 1. The summed E-state index contributed by atoms with van der Waals surface area (Å²) >= 11 is 0. The summed E-state index contributed by atoms with van der Waals surface area (Å²) < 4.78 is 0. The molecule has 2 nitrogen and oxygen atoms in total. The Labute approximate surface area is 81.5 Å². The van der Waals surface area contributed by atoms with Crippen LogP contribution in [0.4, 0.5) is 0 Å². The van der Waals surface area contributed by atoms with Gasteiger partial charge in [0, 0.05) is 25.2 Å². The van der Waals surface area contributed by atoms with Crippen molar-refractivity contribution in [3.63, 3.8) is 0 Å². The van der Waals surface area contributed by atoms with Crippen LogP contribution in [0.25, 0.3) is 0 Å². The minimum atomic E-state index is 0. The van der Waals surface area contributed by atoms with E-state index >= 15 is 0 Å². The molecule has 0 spiro atoms. The molecule has 2 unspecified atom stereocenters. The number of hydrogen-bond donors (Lipinski definition) is 1. The predicted molar refractivity (Wildman–Crippen MR) is 54.1 cm³/mol. The summed E-state index contributed by atoms with van der Waals surface area (Å²) in [6, 6.07) is 1.33. The van der Waals surface area contributed by atoms with Crippen molar-refractivity contribution >= 4 is 24.8 Å². The van der Waals surface area contributed by atoms with Gasteiger partial charge in [-0.25, -0.2) is 0 Å². The molecule has 1 aliphatic heterocycles. The first-order chi connectivity index (χ1) is 4.18. The van der Waals surface area contributed by atoms with Crippen molar-refractivity contribution in [2.75, 3.05) is 20.1 Å². The molecule has 1 aliphatic rings. The van der Waals surface area contributed by atoms with Gasteiger partial charge in [-0.05, 0) is 20.9 Å². The fourth-order valence-corrected chi connectivity index (χ4v) is 1.60. The topological polar surface area (TPSA) is 15.3 Å². The molecule has 1 N–H and O–H groups in total. The number of piperazine rings is 1. The normalized spacial score (nSPS) is 31.9. The van der Waals surface area contributed by atoms with Crippen LogP contribution in [0.3, 0.4) is 0 Å². The summed E-state index contributed by atoms with van der Waals surface area (Å²) in [7, 11) is 2.17. The van der Waals surface area contributed by atoms with Crippen LogP contribution in [-0.2, 0) is 0 Å². The van der Waals surface area contributed by atoms with E-state index in [1.54, 1.807) is 0 Å². The summed E-state index contributed by atoms with van der Waals surface area (Å²) in [5, 5.41) is 3.47. The molecule has 0 aliphatic carbocycles. The highest BCUT2D eigenvalue weighted by molar-refractivity contribution is 5.85. The van der Waals surface area contributed by atoms with Gasteiger partial charge in [0.15, 0.2) is 0 Å². The highest BCUT2D eigenvalue weighted by atomic mass is 35.5. The van der Waals surface area contributed by atoms with Crippen molar-refractivity contribution in [3.8, 4) is 0 Å². The molecule has 1 heterocycles. The second-order valence-corrected chi connectivity index (χ2v) is 3.19. The molecule has 1 saturated heterocycles. The van der Waals surface area contributed by atoms with Crippen molar-refractivity contribution in [3.05, 3.63) is 0 Å². The van der Waals surface area contributed by atoms with E-state index in [-0.39, 0.29) is 24.8 Å². The van der Waals surface area contributed by atoms with Gasteiger partial charge in [0.1, 0.15) is 0 Å². The Morgan fingerprint density at radius 1 is 1.09 bits per heavy atom. The molecule has 70 valence electrons. The zero-order chi connectivity index (χ0) is 6.85. The molecule has 11 heavy (non-hydrogen) atoms. The lowest BCUT2D eigenvalue weighted by molar-refractivity contribution is 0.208. The van der Waals surface area contributed by atoms with E-state index < -0.39 is 0 Å². The highest BCUT2D eigenvalue weighted by Crippen LogP contribution is 1.99. The SMILES string of the molecule is CC1CN(C)CC(C)N1.Cl.Cl. The van der Waals surface area contributed by atoms with E-state index in [4.69, 9.17) is 0 Å². The van der Waals surface area contributed by atoms with Crippen LogP contribution in [0, 0.1) is 0 Å². The second-order valence-electron chi connectivity index (χ2n) is 3.19. The van der Waals surface area contributed by atoms with Gasteiger partial charge in [-0.3, -0.25) is 0 Å². The lowest BCUT2D eigenvalue weighted by Gasteiger charge is -2.33. The Balaban J connectivity index is 0. The van der Waals surface area contributed by atoms with Crippen molar-refractivity contribution < 1.29 is 0 Å². The maximum atomic E-state index is 3.47. The number of likely N-dealkylation sites (N-methyl/N-ethyl adjacent to an activating group) is 1. The first-order valence-corrected chi connectivity index (χ1v) is 3.63. The zero-order valence-corrected chi connectivity index (χ0v) is 8.97. The third-order valence-corrected chi connectivity index (χ3v) is 1.74. The molecule has 0 aromatic rings. The van der Waals surface area contributed by atoms with E-state index in [1.165, 1.54) is 13.1 Å². The van der Waals surface area contributed by atoms with Gasteiger partial charge in [0.05, 0.1) is 0 Å². The second kappa shape index (κ2) is 6.06. The van der Waals surface area contributed by atoms with Crippen molar-refractivity contribution in [1.82, 2.24) is 10.2 Å². The number of nitrogens with zero attached hydrogens (tertiary/aromatic N) is 1. The summed E-state index contributed by atoms with van der Waals surface area (Å²) in [4.78, 5) is 2.37. The Hall–Kier alpha value is 0.500. The molecule has 0 saturated carbocycles. The van der Waals surface area contributed by atoms with Crippen LogP contribution in [-0.4, -0.2) is 37.1 Å². The first-order valence-electron chi connectivity index (χ1n) is 3.63. The fourth-order valence-electron chi connectivity index (χ4n) is 1.60. The third kappa shape index (κ3) is 4.86. The standard InChI is InChI=1S/C7H16N2.2ClH/c1-6-4-9(3)5-7(2)8-6;;/h6-8H,4-5H2,1-3H3;2*1H. The predicted octanol–water partition coefficient (Wildman–Crippen LogP) is 1.14. The Morgan fingerprint density at radius 3 is 1.73 bits per heavy atom. The third-order valence-electron chi connectivity index (χ3n) is 1.74. The van der Waals surface area contributed by atoms with Crippen molar-refractivity contribution in [1.29, 1.82) is 0 Å². The van der Waals surface area contributed by atoms with Gasteiger partial charge in [-0.1, -0.05) is 0 Å². The maximum Gasteiger partial charge on any atom is 0.0169 e. The van der Waals surface area contributed by atoms with Gasteiger partial charge in [0.2, 0.25) is 0 Å². The highest BCUT2D eigenvalue weighted by Gasteiger charge is 2.16. The molecule has 0 bridgehead atoms. The molecule has 4 heteroatoms. The summed E-state index contributed by atoms with van der Waals surface area (Å²) in [5.74, 6) is 0. The smallest absolute Gasteiger partial charge is 0.0169 e. The molecule has 1 rings (SSSR count). The largest absolute Gasteiger partial charge is 0.309 e. The lowest BCUT2D eigenvalue weighted by Crippen LogP contribution is -2.52. The van der Waals surface area contributed by atoms with E-state index in [0.29, 0.717) is 12.1 Å². The molecule has 2 atom stereocenters. The van der Waals surface area contributed by atoms with Crippen molar-refractivity contribution in [2.24, 2.45) is 0 Å². The van der Waals surface area contributed by atoms with Crippen LogP contribution >= 0.6 is 24.8 Å². The fraction of sp³-hybridized carbons (Fsp3) is 1.00. The Kier molecular flexibility index (Phi) is 7.75. The molecule has 0 aromatic carbocycles. The number of halogens is 2. The minimum Gasteiger partial charge on any atom is -0.309 e. The monoisotopic (exact) mass is 200 g/mol. The maximum absolute atomic E-state index is 3.47. The minimum absolute atomic E-state index is 0. The quantitative estimate of drug-likeness (QED) is 0.632. The van der Waals surface area contributed by atoms with Gasteiger partial charge < -0.3 is 10.2 Å². The van der Waals surface area contributed by atoms with Crippen molar-refractivity contribution in [2.45, 2.75) is 25.9 Å². The average molecular weight is 201 g/mol. The van der Waals surface area contributed by atoms with E-state index in [0.717, 1.165) is 0 Å². The molecular formula is C7H18Cl2N2. The molecule has 1 fully saturated rings. The van der Waals surface area contributed by atoms with Gasteiger partial charge in [-0.2, -0.15) is 0 Å². The van der Waals surface area contributed by atoms with Crippen LogP contribution in [0.5, 0.6) is 0 Å². The zero-order valence-electron chi connectivity index (χ0n) is 7.33. The van der Waals surface area contributed by atoms with Crippen LogP contribution in [0.15, 0.2) is 0 Å². The number of rotatable bonds is 0. The van der Waals surface area contributed by atoms with Gasteiger partial charge in [0.25, 0.3) is 0 Å². The molecular weight excluding hydrogens is 183 g/mol. The van der Waals surface area contributed by atoms with Crippen LogP contribution in [0.1, 0.15) is 13.8 Å². The Morgan fingerprint density at radius 2 is 1.45 bits per heavy atom. The summed E-state index contributed by atoms with van der Waals surface area (Å²) in [5.41, 5.74) is 0. The van der Waals surface area contributed by atoms with E-state index in [2.05, 4.69) is 31.1 Å². The summed E-state index contributed by atoms with van der Waals surface area (Å²) in [6.45, 7) is 6.83. The first kappa shape index (κ1) is 14.0. The Bertz CT molecular complexity index is 75.4. The van der Waals surface area contributed by atoms with E-state index in [9.17, 15) is 0 Å². The average Bonchev–Trinajstić information content (AvgIpc) is 1.59. The van der Waals surface area contributed by atoms with Gasteiger partial charge >= 0.3 is 0 Å².